The molecule has 1 aliphatic rings. The number of ether oxygens (including phenoxy) is 1. The molecule has 2 atom stereocenters. The maximum Gasteiger partial charge on any atom is 0.339 e. The lowest BCUT2D eigenvalue weighted by Crippen LogP contribution is -2.38. The molecule has 0 saturated heterocycles. The van der Waals surface area contributed by atoms with E-state index in [0.717, 1.165) is 22.0 Å². The average molecular weight is 428 g/mol. The first-order valence-electron chi connectivity index (χ1n) is 10.5. The summed E-state index contributed by atoms with van der Waals surface area (Å²) in [5.74, 6) is -1.61. The van der Waals surface area contributed by atoms with E-state index in [4.69, 9.17) is 4.74 Å². The molecule has 0 fully saturated rings. The fraction of sp³-hybridized carbons (Fsp3) is 0.154. The number of carbonyl (C=O) groups excluding carboxylic acids is 2. The van der Waals surface area contributed by atoms with Crippen molar-refractivity contribution in [2.45, 2.75) is 18.4 Å². The number of nitrogens with one attached hydrogen (secondary N) is 2. The number of aromatic amines is 1. The highest BCUT2D eigenvalue weighted by Gasteiger charge is 2.40. The van der Waals surface area contributed by atoms with Gasteiger partial charge in [-0.15, -0.1) is 0 Å². The third kappa shape index (κ3) is 3.64. The standard InChI is InChI=1S/C26H21FN2O3/c27-18-10-11-22-21(14-18)17(15-29-22)12-13-28-25(30)23-19-8-4-5-9-20(19)26(31)32-24(23)16-6-2-1-3-7-16/h1-11,14-15,23-24,29H,12-13H2,(H,28,30). The molecule has 2 unspecified atom stereocenters. The molecule has 6 heteroatoms. The number of fused-ring (bicyclic) bond motifs is 2. The second-order valence-electron chi connectivity index (χ2n) is 7.85. The van der Waals surface area contributed by atoms with Crippen molar-refractivity contribution in [3.8, 4) is 0 Å². The molecule has 0 bridgehead atoms. The minimum absolute atomic E-state index is 0.218. The molecule has 1 aliphatic heterocycles. The number of amides is 1. The Labute approximate surface area is 184 Å². The summed E-state index contributed by atoms with van der Waals surface area (Å²) >= 11 is 0. The number of H-pyrrole nitrogens is 1. The summed E-state index contributed by atoms with van der Waals surface area (Å²) < 4.78 is 19.3. The molecule has 160 valence electrons. The van der Waals surface area contributed by atoms with E-state index in [1.165, 1.54) is 12.1 Å². The van der Waals surface area contributed by atoms with Crippen molar-refractivity contribution in [2.24, 2.45) is 0 Å². The first-order valence-corrected chi connectivity index (χ1v) is 10.5. The van der Waals surface area contributed by atoms with Crippen molar-refractivity contribution < 1.29 is 18.7 Å². The van der Waals surface area contributed by atoms with Gasteiger partial charge in [0.25, 0.3) is 0 Å². The molecular formula is C26H21FN2O3. The van der Waals surface area contributed by atoms with Gasteiger partial charge in [-0.1, -0.05) is 48.5 Å². The van der Waals surface area contributed by atoms with E-state index in [0.29, 0.717) is 24.1 Å². The van der Waals surface area contributed by atoms with Gasteiger partial charge in [0.2, 0.25) is 5.91 Å². The van der Waals surface area contributed by atoms with Gasteiger partial charge < -0.3 is 15.0 Å². The molecule has 2 heterocycles. The van der Waals surface area contributed by atoms with Crippen LogP contribution in [-0.2, 0) is 16.0 Å². The lowest BCUT2D eigenvalue weighted by Gasteiger charge is -2.32. The number of carbonyl (C=O) groups is 2. The molecule has 1 aromatic heterocycles. The van der Waals surface area contributed by atoms with Crippen LogP contribution in [0.25, 0.3) is 10.9 Å². The molecule has 0 saturated carbocycles. The third-order valence-corrected chi connectivity index (χ3v) is 5.89. The van der Waals surface area contributed by atoms with E-state index in [1.54, 1.807) is 24.3 Å². The lowest BCUT2D eigenvalue weighted by atomic mass is 9.83. The van der Waals surface area contributed by atoms with Gasteiger partial charge in [-0.2, -0.15) is 0 Å². The van der Waals surface area contributed by atoms with Gasteiger partial charge in [0, 0.05) is 23.6 Å². The minimum Gasteiger partial charge on any atom is -0.453 e. The fourth-order valence-corrected chi connectivity index (χ4v) is 4.33. The van der Waals surface area contributed by atoms with Crippen LogP contribution in [0.2, 0.25) is 0 Å². The van der Waals surface area contributed by atoms with Gasteiger partial charge in [0.05, 0.1) is 5.56 Å². The van der Waals surface area contributed by atoms with Gasteiger partial charge in [-0.3, -0.25) is 4.79 Å². The normalized spacial score (nSPS) is 17.6. The number of cyclic esters (lactones) is 1. The number of benzene rings is 3. The number of aromatic nitrogens is 1. The zero-order chi connectivity index (χ0) is 22.1. The van der Waals surface area contributed by atoms with Crippen LogP contribution in [0.15, 0.2) is 79.0 Å². The summed E-state index contributed by atoms with van der Waals surface area (Å²) in [6, 6.07) is 21.0. The monoisotopic (exact) mass is 428 g/mol. The highest BCUT2D eigenvalue weighted by molar-refractivity contribution is 5.97. The highest BCUT2D eigenvalue weighted by Crippen LogP contribution is 2.40. The van der Waals surface area contributed by atoms with Crippen LogP contribution in [-0.4, -0.2) is 23.4 Å². The quantitative estimate of drug-likeness (QED) is 0.454. The van der Waals surface area contributed by atoms with Crippen molar-refractivity contribution in [1.82, 2.24) is 10.3 Å². The molecule has 0 spiro atoms. The van der Waals surface area contributed by atoms with Crippen molar-refractivity contribution >= 4 is 22.8 Å². The van der Waals surface area contributed by atoms with Gasteiger partial charge in [0.15, 0.2) is 0 Å². The van der Waals surface area contributed by atoms with E-state index in [-0.39, 0.29) is 11.7 Å². The van der Waals surface area contributed by atoms with Crippen molar-refractivity contribution in [3.05, 3.63) is 107 Å². The SMILES string of the molecule is O=C1OC(c2ccccc2)C(C(=O)NCCc2c[nH]c3ccc(F)cc23)c2ccccc21. The summed E-state index contributed by atoms with van der Waals surface area (Å²) in [4.78, 5) is 29.0. The predicted octanol–water partition coefficient (Wildman–Crippen LogP) is 4.66. The second kappa shape index (κ2) is 8.30. The minimum atomic E-state index is -0.708. The topological polar surface area (TPSA) is 71.2 Å². The molecule has 4 aromatic rings. The molecule has 32 heavy (non-hydrogen) atoms. The maximum absolute atomic E-state index is 13.6. The molecule has 3 aromatic carbocycles. The third-order valence-electron chi connectivity index (χ3n) is 5.89. The van der Waals surface area contributed by atoms with Crippen LogP contribution < -0.4 is 5.32 Å². The van der Waals surface area contributed by atoms with Crippen molar-refractivity contribution in [3.63, 3.8) is 0 Å². The van der Waals surface area contributed by atoms with Crippen LogP contribution in [0.4, 0.5) is 4.39 Å². The summed E-state index contributed by atoms with van der Waals surface area (Å²) in [5.41, 5.74) is 3.61. The highest BCUT2D eigenvalue weighted by atomic mass is 19.1. The number of hydrogen-bond acceptors (Lipinski definition) is 3. The molecule has 0 radical (unpaired) electrons. The average Bonchev–Trinajstić information content (AvgIpc) is 3.21. The molecule has 1 amide bonds. The van der Waals surface area contributed by atoms with E-state index >= 15 is 0 Å². The summed E-state index contributed by atoms with van der Waals surface area (Å²) in [5, 5.41) is 3.79. The fourth-order valence-electron chi connectivity index (χ4n) is 4.33. The summed E-state index contributed by atoms with van der Waals surface area (Å²) in [6.07, 6.45) is 1.67. The zero-order valence-electron chi connectivity index (χ0n) is 17.2. The first-order chi connectivity index (χ1) is 15.6. The van der Waals surface area contributed by atoms with Crippen molar-refractivity contribution in [1.29, 1.82) is 0 Å². The zero-order valence-corrected chi connectivity index (χ0v) is 17.2. The largest absolute Gasteiger partial charge is 0.453 e. The smallest absolute Gasteiger partial charge is 0.339 e. The Bertz CT molecular complexity index is 1300. The molecule has 5 nitrogen and oxygen atoms in total. The number of esters is 1. The van der Waals surface area contributed by atoms with Crippen LogP contribution in [0.5, 0.6) is 0 Å². The summed E-state index contributed by atoms with van der Waals surface area (Å²) in [7, 11) is 0. The van der Waals surface area contributed by atoms with Gasteiger partial charge in [0.1, 0.15) is 17.8 Å². The van der Waals surface area contributed by atoms with E-state index in [9.17, 15) is 14.0 Å². The number of rotatable bonds is 5. The Kier molecular flexibility index (Phi) is 5.19. The van der Waals surface area contributed by atoms with Crippen LogP contribution in [0, 0.1) is 5.82 Å². The summed E-state index contributed by atoms with van der Waals surface area (Å²) in [6.45, 7) is 0.371. The Balaban J connectivity index is 1.39. The lowest BCUT2D eigenvalue weighted by molar-refractivity contribution is -0.125. The first kappa shape index (κ1) is 20.0. The Morgan fingerprint density at radius 3 is 2.66 bits per heavy atom. The van der Waals surface area contributed by atoms with E-state index in [1.807, 2.05) is 42.6 Å². The number of halogens is 1. The Morgan fingerprint density at radius 2 is 1.81 bits per heavy atom. The van der Waals surface area contributed by atoms with Gasteiger partial charge in [-0.05, 0) is 47.4 Å². The van der Waals surface area contributed by atoms with Crippen LogP contribution in [0.3, 0.4) is 0 Å². The maximum atomic E-state index is 13.6. The molecular weight excluding hydrogens is 407 g/mol. The molecule has 0 aliphatic carbocycles. The van der Waals surface area contributed by atoms with Gasteiger partial charge in [-0.25, -0.2) is 9.18 Å². The second-order valence-corrected chi connectivity index (χ2v) is 7.85. The predicted molar refractivity (Wildman–Crippen MR) is 119 cm³/mol. The van der Waals surface area contributed by atoms with Crippen molar-refractivity contribution in [2.75, 3.05) is 6.54 Å². The Morgan fingerprint density at radius 1 is 1.03 bits per heavy atom. The van der Waals surface area contributed by atoms with Crippen LogP contribution in [0.1, 0.15) is 39.1 Å². The van der Waals surface area contributed by atoms with E-state index in [2.05, 4.69) is 10.3 Å². The number of hydrogen-bond donors (Lipinski definition) is 2. The van der Waals surface area contributed by atoms with Crippen LogP contribution >= 0.6 is 0 Å². The van der Waals surface area contributed by atoms with Gasteiger partial charge >= 0.3 is 5.97 Å². The Hall–Kier alpha value is -3.93. The molecule has 5 rings (SSSR count). The van der Waals surface area contributed by atoms with E-state index < -0.39 is 18.0 Å². The molecule has 2 N–H and O–H groups in total.